The van der Waals surface area contributed by atoms with Crippen LogP contribution in [0.2, 0.25) is 0 Å². The van der Waals surface area contributed by atoms with Crippen molar-refractivity contribution in [2.75, 3.05) is 13.1 Å². The number of rotatable bonds is 8. The molecular weight excluding hydrogens is 366 g/mol. The highest BCUT2D eigenvalue weighted by Crippen LogP contribution is 2.17. The summed E-state index contributed by atoms with van der Waals surface area (Å²) in [5.74, 6) is -2.35. The van der Waals surface area contributed by atoms with Crippen LogP contribution in [0.15, 0.2) is 24.3 Å². The number of aliphatic carboxylic acids is 1. The van der Waals surface area contributed by atoms with Gasteiger partial charge in [0.2, 0.25) is 17.7 Å². The minimum atomic E-state index is -1.15. The van der Waals surface area contributed by atoms with E-state index in [0.717, 1.165) is 0 Å². The number of nitrogens with one attached hydrogen (secondary N) is 1. The first-order chi connectivity index (χ1) is 13.2. The molecule has 0 aliphatic carbocycles. The number of imide groups is 1. The second-order valence-electron chi connectivity index (χ2n) is 6.57. The van der Waals surface area contributed by atoms with Gasteiger partial charge >= 0.3 is 5.97 Å². The van der Waals surface area contributed by atoms with E-state index in [0.29, 0.717) is 5.56 Å². The third-order valence-electron chi connectivity index (χ3n) is 4.51. The maximum atomic E-state index is 12.8. The molecule has 1 fully saturated rings. The number of hydrogen-bond donors (Lipinski definition) is 2. The summed E-state index contributed by atoms with van der Waals surface area (Å²) < 4.78 is 0. The number of nitrogens with zero attached hydrogens (tertiary/aromatic N) is 2. The number of carbonyl (C=O) groups is 5. The number of carboxylic acid groups (broad SMARTS) is 1. The van der Waals surface area contributed by atoms with Crippen molar-refractivity contribution in [3.05, 3.63) is 35.4 Å². The predicted octanol–water partition coefficient (Wildman–Crippen LogP) is 0.387. The molecular formula is C19H23N3O6. The zero-order valence-corrected chi connectivity index (χ0v) is 15.8. The Kier molecular flexibility index (Phi) is 6.86. The Hall–Kier alpha value is -3.23. The molecule has 28 heavy (non-hydrogen) atoms. The molecule has 150 valence electrons. The molecule has 1 aliphatic rings. The third-order valence-corrected chi connectivity index (χ3v) is 4.51. The number of amides is 4. The van der Waals surface area contributed by atoms with Crippen molar-refractivity contribution in [2.24, 2.45) is 0 Å². The Labute approximate surface area is 162 Å². The Morgan fingerprint density at radius 3 is 2.21 bits per heavy atom. The van der Waals surface area contributed by atoms with E-state index in [1.807, 2.05) is 0 Å². The average Bonchev–Trinajstić information content (AvgIpc) is 2.96. The highest BCUT2D eigenvalue weighted by molar-refractivity contribution is 6.02. The van der Waals surface area contributed by atoms with Gasteiger partial charge in [0.1, 0.15) is 6.04 Å². The summed E-state index contributed by atoms with van der Waals surface area (Å²) in [6, 6.07) is 5.25. The van der Waals surface area contributed by atoms with Gasteiger partial charge in [0, 0.05) is 38.4 Å². The average molecular weight is 389 g/mol. The van der Waals surface area contributed by atoms with Gasteiger partial charge in [-0.15, -0.1) is 0 Å². The van der Waals surface area contributed by atoms with Gasteiger partial charge in [-0.1, -0.05) is 12.1 Å². The maximum Gasteiger partial charge on any atom is 0.326 e. The van der Waals surface area contributed by atoms with Crippen molar-refractivity contribution < 1.29 is 29.1 Å². The van der Waals surface area contributed by atoms with Crippen LogP contribution < -0.4 is 5.32 Å². The molecule has 0 radical (unpaired) electrons. The van der Waals surface area contributed by atoms with Crippen LogP contribution in [0.25, 0.3) is 0 Å². The molecule has 0 spiro atoms. The lowest BCUT2D eigenvalue weighted by Gasteiger charge is -2.26. The van der Waals surface area contributed by atoms with E-state index >= 15 is 0 Å². The topological polar surface area (TPSA) is 124 Å². The second kappa shape index (κ2) is 9.12. The van der Waals surface area contributed by atoms with Gasteiger partial charge in [-0.2, -0.15) is 0 Å². The number of carboxylic acids is 1. The van der Waals surface area contributed by atoms with Crippen LogP contribution >= 0.6 is 0 Å². The van der Waals surface area contributed by atoms with Crippen LogP contribution in [0.4, 0.5) is 0 Å². The van der Waals surface area contributed by atoms with Crippen LogP contribution in [0.3, 0.4) is 0 Å². The van der Waals surface area contributed by atoms with E-state index in [1.54, 1.807) is 12.1 Å². The molecule has 1 saturated heterocycles. The zero-order chi connectivity index (χ0) is 20.8. The van der Waals surface area contributed by atoms with Crippen molar-refractivity contribution in [3.63, 3.8) is 0 Å². The molecule has 9 nitrogen and oxygen atoms in total. The molecule has 1 aromatic rings. The molecule has 1 unspecified atom stereocenters. The van der Waals surface area contributed by atoms with Crippen molar-refractivity contribution in [1.29, 1.82) is 0 Å². The molecule has 2 N–H and O–H groups in total. The van der Waals surface area contributed by atoms with E-state index < -0.39 is 17.9 Å². The maximum absolute atomic E-state index is 12.8. The number of carbonyl (C=O) groups excluding carboxylic acids is 4. The Morgan fingerprint density at radius 2 is 1.71 bits per heavy atom. The minimum absolute atomic E-state index is 0.0460. The predicted molar refractivity (Wildman–Crippen MR) is 98.1 cm³/mol. The van der Waals surface area contributed by atoms with Gasteiger partial charge in [0.25, 0.3) is 5.91 Å². The molecule has 1 aromatic carbocycles. The van der Waals surface area contributed by atoms with E-state index in [1.165, 1.54) is 35.8 Å². The van der Waals surface area contributed by atoms with Crippen LogP contribution in [0.1, 0.15) is 42.6 Å². The standard InChI is InChI=1S/C19H23N3O6/c1-12(19(27)28)21(10-9-20-13(2)23)18(26)15-5-3-14(4-6-15)11-22-16(24)7-8-17(22)25/h3-6,12H,7-11H2,1-2H3,(H,20,23)(H,27,28). The van der Waals surface area contributed by atoms with Gasteiger partial charge in [0.05, 0.1) is 6.54 Å². The van der Waals surface area contributed by atoms with Gasteiger partial charge in [0.15, 0.2) is 0 Å². The molecule has 0 bridgehead atoms. The smallest absolute Gasteiger partial charge is 0.326 e. The fourth-order valence-electron chi connectivity index (χ4n) is 2.86. The van der Waals surface area contributed by atoms with Gasteiger partial charge in [-0.3, -0.25) is 24.1 Å². The van der Waals surface area contributed by atoms with Crippen LogP contribution in [0.5, 0.6) is 0 Å². The largest absolute Gasteiger partial charge is 0.480 e. The first-order valence-corrected chi connectivity index (χ1v) is 8.91. The Morgan fingerprint density at radius 1 is 1.14 bits per heavy atom. The SMILES string of the molecule is CC(=O)NCCN(C(=O)c1ccc(CN2C(=O)CCC2=O)cc1)C(C)C(=O)O. The second-order valence-corrected chi connectivity index (χ2v) is 6.57. The summed E-state index contributed by atoms with van der Waals surface area (Å²) in [7, 11) is 0. The molecule has 0 saturated carbocycles. The molecule has 1 heterocycles. The van der Waals surface area contributed by atoms with Crippen LogP contribution in [-0.4, -0.2) is 63.6 Å². The van der Waals surface area contributed by atoms with Crippen molar-refractivity contribution in [2.45, 2.75) is 39.3 Å². The quantitative estimate of drug-likeness (QED) is 0.620. The van der Waals surface area contributed by atoms with Crippen molar-refractivity contribution >= 4 is 29.6 Å². The summed E-state index contributed by atoms with van der Waals surface area (Å²) in [5, 5.41) is 11.8. The summed E-state index contributed by atoms with van der Waals surface area (Å²) in [6.07, 6.45) is 0.428. The highest BCUT2D eigenvalue weighted by Gasteiger charge is 2.29. The number of hydrogen-bond acceptors (Lipinski definition) is 5. The van der Waals surface area contributed by atoms with E-state index in [9.17, 15) is 29.1 Å². The normalized spacial score (nSPS) is 14.7. The first kappa shape index (κ1) is 21.1. The molecule has 0 aromatic heterocycles. The zero-order valence-electron chi connectivity index (χ0n) is 15.8. The van der Waals surface area contributed by atoms with Crippen LogP contribution in [-0.2, 0) is 25.7 Å². The van der Waals surface area contributed by atoms with Crippen LogP contribution in [0, 0.1) is 0 Å². The van der Waals surface area contributed by atoms with E-state index in [2.05, 4.69) is 5.32 Å². The summed E-state index contributed by atoms with van der Waals surface area (Å²) in [4.78, 5) is 60.9. The highest BCUT2D eigenvalue weighted by atomic mass is 16.4. The summed E-state index contributed by atoms with van der Waals surface area (Å²) in [6.45, 7) is 3.05. The monoisotopic (exact) mass is 389 g/mol. The lowest BCUT2D eigenvalue weighted by atomic mass is 10.1. The fraction of sp³-hybridized carbons (Fsp3) is 0.421. The summed E-state index contributed by atoms with van der Waals surface area (Å²) in [5.41, 5.74) is 0.968. The van der Waals surface area contributed by atoms with Gasteiger partial charge in [-0.05, 0) is 24.6 Å². The van der Waals surface area contributed by atoms with E-state index in [4.69, 9.17) is 0 Å². The van der Waals surface area contributed by atoms with Gasteiger partial charge in [-0.25, -0.2) is 4.79 Å². The lowest BCUT2D eigenvalue weighted by Crippen LogP contribution is -2.46. The molecule has 4 amide bonds. The molecule has 9 heteroatoms. The molecule has 2 rings (SSSR count). The molecule has 1 aliphatic heterocycles. The van der Waals surface area contributed by atoms with Crippen molar-refractivity contribution in [3.8, 4) is 0 Å². The lowest BCUT2D eigenvalue weighted by molar-refractivity contribution is -0.142. The number of likely N-dealkylation sites (tertiary alicyclic amines) is 1. The third kappa shape index (κ3) is 5.15. The van der Waals surface area contributed by atoms with Gasteiger partial charge < -0.3 is 15.3 Å². The number of benzene rings is 1. The molecule has 1 atom stereocenters. The van der Waals surface area contributed by atoms with E-state index in [-0.39, 0.29) is 55.8 Å². The first-order valence-electron chi connectivity index (χ1n) is 8.91. The van der Waals surface area contributed by atoms with Crippen molar-refractivity contribution in [1.82, 2.24) is 15.1 Å². The Bertz CT molecular complexity index is 773. The fourth-order valence-corrected chi connectivity index (χ4v) is 2.86. The Balaban J connectivity index is 2.10. The summed E-state index contributed by atoms with van der Waals surface area (Å²) >= 11 is 0. The minimum Gasteiger partial charge on any atom is -0.480 e.